The van der Waals surface area contributed by atoms with E-state index in [2.05, 4.69) is 15.7 Å². The zero-order valence-electron chi connectivity index (χ0n) is 11.1. The van der Waals surface area contributed by atoms with Gasteiger partial charge in [-0.2, -0.15) is 5.10 Å². The summed E-state index contributed by atoms with van der Waals surface area (Å²) in [6.45, 7) is 1.32. The van der Waals surface area contributed by atoms with Crippen molar-refractivity contribution in [3.05, 3.63) is 42.0 Å². The van der Waals surface area contributed by atoms with Gasteiger partial charge in [-0.3, -0.25) is 9.48 Å². The van der Waals surface area contributed by atoms with Crippen LogP contribution in [0.25, 0.3) is 0 Å². The van der Waals surface area contributed by atoms with Crippen LogP contribution in [0, 0.1) is 12.7 Å². The molecule has 0 radical (unpaired) electrons. The highest BCUT2D eigenvalue weighted by atomic mass is 19.1. The third-order valence-corrected chi connectivity index (χ3v) is 2.62. The number of benzene rings is 1. The lowest BCUT2D eigenvalue weighted by molar-refractivity contribution is -0.137. The average Bonchev–Trinajstić information content (AvgIpc) is 2.80. The van der Waals surface area contributed by atoms with Gasteiger partial charge in [0.1, 0.15) is 12.4 Å². The van der Waals surface area contributed by atoms with E-state index >= 15 is 0 Å². The van der Waals surface area contributed by atoms with Gasteiger partial charge in [-0.05, 0) is 24.6 Å². The molecule has 2 amide bonds. The van der Waals surface area contributed by atoms with E-state index < -0.39 is 17.8 Å². The van der Waals surface area contributed by atoms with Crippen LogP contribution in [-0.4, -0.2) is 26.9 Å². The quantitative estimate of drug-likeness (QED) is 0.803. The number of aromatic nitrogens is 2. The Bertz CT molecular complexity index is 684. The molecule has 3 N–H and O–H groups in total. The van der Waals surface area contributed by atoms with Crippen LogP contribution in [0.3, 0.4) is 0 Å². The molecule has 1 heterocycles. The van der Waals surface area contributed by atoms with E-state index in [1.54, 1.807) is 19.1 Å². The molecule has 2 aromatic rings. The Morgan fingerprint density at radius 2 is 2.05 bits per heavy atom. The Morgan fingerprint density at radius 3 is 2.71 bits per heavy atom. The molecule has 0 aliphatic carbocycles. The predicted octanol–water partition coefficient (Wildman–Crippen LogP) is 2.06. The van der Waals surface area contributed by atoms with Gasteiger partial charge in [0.05, 0.1) is 11.9 Å². The number of rotatable bonds is 4. The van der Waals surface area contributed by atoms with E-state index in [1.165, 1.54) is 23.1 Å². The third kappa shape index (κ3) is 4.03. The van der Waals surface area contributed by atoms with Gasteiger partial charge in [-0.25, -0.2) is 9.18 Å². The SMILES string of the molecule is Cc1ccc(NC(=O)Nc2cnn(CC(=O)O)c2)cc1F. The molecular formula is C13H13FN4O3. The Hall–Kier alpha value is -2.90. The monoisotopic (exact) mass is 292 g/mol. The Labute approximate surface area is 119 Å². The largest absolute Gasteiger partial charge is 0.480 e. The first-order valence-corrected chi connectivity index (χ1v) is 6.02. The number of carboxylic acid groups (broad SMARTS) is 1. The van der Waals surface area contributed by atoms with Crippen LogP contribution in [0.5, 0.6) is 0 Å². The predicted molar refractivity (Wildman–Crippen MR) is 73.6 cm³/mol. The minimum Gasteiger partial charge on any atom is -0.480 e. The van der Waals surface area contributed by atoms with Gasteiger partial charge in [0.2, 0.25) is 0 Å². The van der Waals surface area contributed by atoms with Crippen molar-refractivity contribution in [3.8, 4) is 0 Å². The zero-order valence-corrected chi connectivity index (χ0v) is 11.1. The summed E-state index contributed by atoms with van der Waals surface area (Å²) < 4.78 is 14.5. The van der Waals surface area contributed by atoms with Crippen LogP contribution in [0.4, 0.5) is 20.6 Å². The second-order valence-corrected chi connectivity index (χ2v) is 4.36. The molecule has 0 fully saturated rings. The molecule has 0 aliphatic heterocycles. The van der Waals surface area contributed by atoms with Gasteiger partial charge >= 0.3 is 12.0 Å². The third-order valence-electron chi connectivity index (χ3n) is 2.62. The summed E-state index contributed by atoms with van der Waals surface area (Å²) in [5, 5.41) is 17.3. The molecule has 21 heavy (non-hydrogen) atoms. The molecule has 0 saturated carbocycles. The standard InChI is InChI=1S/C13H13FN4O3/c1-8-2-3-9(4-11(8)14)16-13(21)17-10-5-15-18(6-10)7-12(19)20/h2-6H,7H2,1H3,(H,19,20)(H2,16,17,21). The van der Waals surface area contributed by atoms with Gasteiger partial charge in [0, 0.05) is 11.9 Å². The molecule has 110 valence electrons. The number of halogens is 1. The number of carbonyl (C=O) groups excluding carboxylic acids is 1. The number of anilines is 2. The maximum atomic E-state index is 13.3. The molecule has 0 spiro atoms. The lowest BCUT2D eigenvalue weighted by Gasteiger charge is -2.06. The normalized spacial score (nSPS) is 10.2. The number of nitrogens with one attached hydrogen (secondary N) is 2. The fourth-order valence-electron chi connectivity index (χ4n) is 1.62. The van der Waals surface area contributed by atoms with Crippen molar-refractivity contribution < 1.29 is 19.1 Å². The summed E-state index contributed by atoms with van der Waals surface area (Å²) in [7, 11) is 0. The second kappa shape index (κ2) is 6.04. The highest BCUT2D eigenvalue weighted by Crippen LogP contribution is 2.14. The Kier molecular flexibility index (Phi) is 4.17. The molecule has 0 aliphatic rings. The van der Waals surface area contributed by atoms with Crippen molar-refractivity contribution >= 4 is 23.4 Å². The van der Waals surface area contributed by atoms with Gasteiger partial charge in [-0.15, -0.1) is 0 Å². The molecule has 0 atom stereocenters. The first kappa shape index (κ1) is 14.5. The van der Waals surface area contributed by atoms with Crippen LogP contribution in [0.15, 0.2) is 30.6 Å². The topological polar surface area (TPSA) is 96.3 Å². The van der Waals surface area contributed by atoms with Crippen LogP contribution in [0.2, 0.25) is 0 Å². The van der Waals surface area contributed by atoms with Gasteiger partial charge in [-0.1, -0.05) is 6.07 Å². The number of hydrogen-bond acceptors (Lipinski definition) is 3. The second-order valence-electron chi connectivity index (χ2n) is 4.36. The van der Waals surface area contributed by atoms with Crippen molar-refractivity contribution in [2.45, 2.75) is 13.5 Å². The molecule has 0 unspecified atom stereocenters. The summed E-state index contributed by atoms with van der Waals surface area (Å²) in [5.41, 5.74) is 1.13. The maximum Gasteiger partial charge on any atom is 0.325 e. The number of aryl methyl sites for hydroxylation is 1. The van der Waals surface area contributed by atoms with E-state index in [4.69, 9.17) is 5.11 Å². The van der Waals surface area contributed by atoms with E-state index in [0.717, 1.165) is 0 Å². The van der Waals surface area contributed by atoms with Gasteiger partial charge in [0.25, 0.3) is 0 Å². The molecule has 7 nitrogen and oxygen atoms in total. The molecule has 1 aromatic carbocycles. The number of nitrogens with zero attached hydrogens (tertiary/aromatic N) is 2. The number of aliphatic carboxylic acids is 1. The fraction of sp³-hybridized carbons (Fsp3) is 0.154. The Morgan fingerprint density at radius 1 is 1.33 bits per heavy atom. The smallest absolute Gasteiger partial charge is 0.325 e. The van der Waals surface area contributed by atoms with E-state index in [1.807, 2.05) is 0 Å². The number of hydrogen-bond donors (Lipinski definition) is 3. The van der Waals surface area contributed by atoms with E-state index in [9.17, 15) is 14.0 Å². The van der Waals surface area contributed by atoms with Crippen molar-refractivity contribution in [1.29, 1.82) is 0 Å². The van der Waals surface area contributed by atoms with Crippen molar-refractivity contribution in [3.63, 3.8) is 0 Å². The minimum atomic E-state index is -1.04. The lowest BCUT2D eigenvalue weighted by Crippen LogP contribution is -2.19. The van der Waals surface area contributed by atoms with Crippen LogP contribution >= 0.6 is 0 Å². The van der Waals surface area contributed by atoms with Gasteiger partial charge < -0.3 is 15.7 Å². The first-order valence-electron chi connectivity index (χ1n) is 6.02. The molecule has 8 heteroatoms. The molecule has 0 saturated heterocycles. The summed E-state index contributed by atoms with van der Waals surface area (Å²) in [6.07, 6.45) is 2.70. The minimum absolute atomic E-state index is 0.299. The number of amides is 2. The van der Waals surface area contributed by atoms with E-state index in [0.29, 0.717) is 16.9 Å². The molecular weight excluding hydrogens is 279 g/mol. The number of carbonyl (C=O) groups is 2. The van der Waals surface area contributed by atoms with Gasteiger partial charge in [0.15, 0.2) is 0 Å². The highest BCUT2D eigenvalue weighted by Gasteiger charge is 2.07. The van der Waals surface area contributed by atoms with Crippen LogP contribution in [0.1, 0.15) is 5.56 Å². The summed E-state index contributed by atoms with van der Waals surface area (Å²) >= 11 is 0. The number of urea groups is 1. The summed E-state index contributed by atoms with van der Waals surface area (Å²) in [6, 6.07) is 3.76. The zero-order chi connectivity index (χ0) is 15.4. The van der Waals surface area contributed by atoms with E-state index in [-0.39, 0.29) is 6.54 Å². The molecule has 0 bridgehead atoms. The van der Waals surface area contributed by atoms with Crippen molar-refractivity contribution in [2.24, 2.45) is 0 Å². The first-order chi connectivity index (χ1) is 9.94. The average molecular weight is 292 g/mol. The highest BCUT2D eigenvalue weighted by molar-refractivity contribution is 5.99. The molecule has 1 aromatic heterocycles. The van der Waals surface area contributed by atoms with Crippen molar-refractivity contribution in [1.82, 2.24) is 9.78 Å². The summed E-state index contributed by atoms with van der Waals surface area (Å²) in [5.74, 6) is -1.45. The number of carboxylic acids is 1. The lowest BCUT2D eigenvalue weighted by atomic mass is 10.2. The fourth-order valence-corrected chi connectivity index (χ4v) is 1.62. The Balaban J connectivity index is 1.96. The van der Waals surface area contributed by atoms with Crippen LogP contribution in [-0.2, 0) is 11.3 Å². The molecule has 2 rings (SSSR count). The van der Waals surface area contributed by atoms with Crippen molar-refractivity contribution in [2.75, 3.05) is 10.6 Å². The summed E-state index contributed by atoms with van der Waals surface area (Å²) in [4.78, 5) is 22.2. The maximum absolute atomic E-state index is 13.3. The van der Waals surface area contributed by atoms with Crippen LogP contribution < -0.4 is 10.6 Å².